The van der Waals surface area contributed by atoms with Crippen LogP contribution in [0, 0.1) is 23.7 Å². The number of nitriles is 1. The lowest BCUT2D eigenvalue weighted by Gasteiger charge is -2.39. The SMILES string of the molecule is C#CC1CCC(C#N)N1C(=O)CNC1(Oc2cccc(Br)c2)CCCCC1. The Morgan fingerprint density at radius 2 is 2.07 bits per heavy atom. The molecule has 1 saturated carbocycles. The van der Waals surface area contributed by atoms with E-state index in [1.54, 1.807) is 4.90 Å². The third kappa shape index (κ3) is 4.64. The Bertz CT molecular complexity index is 739. The van der Waals surface area contributed by atoms with E-state index in [0.29, 0.717) is 12.8 Å². The van der Waals surface area contributed by atoms with Gasteiger partial charge < -0.3 is 9.64 Å². The highest BCUT2D eigenvalue weighted by atomic mass is 79.9. The average Bonchev–Trinajstić information content (AvgIpc) is 3.10. The summed E-state index contributed by atoms with van der Waals surface area (Å²) in [6.45, 7) is 0.115. The predicted octanol–water partition coefficient (Wildman–Crippen LogP) is 3.59. The van der Waals surface area contributed by atoms with Crippen molar-refractivity contribution in [1.82, 2.24) is 10.2 Å². The van der Waals surface area contributed by atoms with Gasteiger partial charge in [-0.15, -0.1) is 6.42 Å². The molecule has 1 aromatic rings. The van der Waals surface area contributed by atoms with Crippen LogP contribution in [-0.2, 0) is 4.79 Å². The highest BCUT2D eigenvalue weighted by Crippen LogP contribution is 2.32. The number of benzene rings is 1. The number of likely N-dealkylation sites (tertiary alicyclic amines) is 1. The summed E-state index contributed by atoms with van der Waals surface area (Å²) in [4.78, 5) is 14.4. The Hall–Kier alpha value is -2.02. The van der Waals surface area contributed by atoms with Gasteiger partial charge in [-0.05, 0) is 43.9 Å². The number of nitrogens with one attached hydrogen (secondary N) is 1. The first-order valence-corrected chi connectivity index (χ1v) is 10.2. The molecule has 2 atom stereocenters. The molecular weight excluding hydrogens is 406 g/mol. The Morgan fingerprint density at radius 1 is 1.33 bits per heavy atom. The van der Waals surface area contributed by atoms with Crippen molar-refractivity contribution in [2.75, 3.05) is 6.54 Å². The molecule has 0 bridgehead atoms. The van der Waals surface area contributed by atoms with Gasteiger partial charge in [-0.2, -0.15) is 5.26 Å². The van der Waals surface area contributed by atoms with Crippen molar-refractivity contribution >= 4 is 21.8 Å². The maximum atomic E-state index is 12.8. The molecule has 6 heteroatoms. The van der Waals surface area contributed by atoms with Crippen molar-refractivity contribution < 1.29 is 9.53 Å². The smallest absolute Gasteiger partial charge is 0.238 e. The maximum absolute atomic E-state index is 12.8. The van der Waals surface area contributed by atoms with Gasteiger partial charge in [-0.3, -0.25) is 10.1 Å². The third-order valence-corrected chi connectivity index (χ3v) is 5.84. The fourth-order valence-electron chi connectivity index (χ4n) is 3.97. The summed E-state index contributed by atoms with van der Waals surface area (Å²) in [7, 11) is 0. The van der Waals surface area contributed by atoms with Gasteiger partial charge in [0.05, 0.1) is 18.7 Å². The van der Waals surface area contributed by atoms with Crippen LogP contribution in [0.2, 0.25) is 0 Å². The van der Waals surface area contributed by atoms with Crippen molar-refractivity contribution in [1.29, 1.82) is 5.26 Å². The molecular formula is C21H24BrN3O2. The van der Waals surface area contributed by atoms with Crippen LogP contribution in [0.4, 0.5) is 0 Å². The van der Waals surface area contributed by atoms with Gasteiger partial charge in [0, 0.05) is 17.3 Å². The number of ether oxygens (including phenoxy) is 1. The van der Waals surface area contributed by atoms with E-state index in [9.17, 15) is 10.1 Å². The number of nitrogens with zero attached hydrogens (tertiary/aromatic N) is 2. The van der Waals surface area contributed by atoms with E-state index < -0.39 is 11.8 Å². The van der Waals surface area contributed by atoms with E-state index in [-0.39, 0.29) is 18.5 Å². The monoisotopic (exact) mass is 429 g/mol. The molecule has 2 aliphatic rings. The van der Waals surface area contributed by atoms with Crippen LogP contribution in [0.5, 0.6) is 5.75 Å². The summed E-state index contributed by atoms with van der Waals surface area (Å²) in [5.74, 6) is 3.28. The molecule has 0 spiro atoms. The molecule has 5 nitrogen and oxygen atoms in total. The lowest BCUT2D eigenvalue weighted by atomic mass is 9.91. The number of halogens is 1. The number of carbonyl (C=O) groups is 1. The summed E-state index contributed by atoms with van der Waals surface area (Å²) >= 11 is 3.47. The first-order valence-electron chi connectivity index (χ1n) is 9.43. The highest BCUT2D eigenvalue weighted by molar-refractivity contribution is 9.10. The molecule has 27 heavy (non-hydrogen) atoms. The molecule has 0 aromatic heterocycles. The largest absolute Gasteiger partial charge is 0.473 e. The number of rotatable bonds is 5. The van der Waals surface area contributed by atoms with E-state index in [1.807, 2.05) is 24.3 Å². The normalized spacial score (nSPS) is 24.0. The highest BCUT2D eigenvalue weighted by Gasteiger charge is 2.39. The molecule has 1 aromatic carbocycles. The van der Waals surface area contributed by atoms with Crippen LogP contribution in [-0.4, -0.2) is 35.2 Å². The zero-order valence-corrected chi connectivity index (χ0v) is 16.9. The van der Waals surface area contributed by atoms with E-state index in [1.165, 1.54) is 6.42 Å². The van der Waals surface area contributed by atoms with Crippen LogP contribution < -0.4 is 10.1 Å². The van der Waals surface area contributed by atoms with Crippen molar-refractivity contribution in [3.63, 3.8) is 0 Å². The second kappa shape index (κ2) is 8.78. The second-order valence-corrected chi connectivity index (χ2v) is 8.09. The Balaban J connectivity index is 1.70. The fourth-order valence-corrected chi connectivity index (χ4v) is 4.35. The lowest BCUT2D eigenvalue weighted by Crippen LogP contribution is -2.55. The van der Waals surface area contributed by atoms with Gasteiger partial charge in [-0.25, -0.2) is 0 Å². The number of amides is 1. The van der Waals surface area contributed by atoms with Gasteiger partial charge in [0.25, 0.3) is 0 Å². The Morgan fingerprint density at radius 3 is 2.74 bits per heavy atom. The molecule has 1 N–H and O–H groups in total. The average molecular weight is 430 g/mol. The van der Waals surface area contributed by atoms with Crippen LogP contribution in [0.15, 0.2) is 28.7 Å². The zero-order chi connectivity index (χ0) is 19.3. The fraction of sp³-hybridized carbons (Fsp3) is 0.524. The number of terminal acetylenes is 1. The van der Waals surface area contributed by atoms with Gasteiger partial charge >= 0.3 is 0 Å². The molecule has 1 saturated heterocycles. The summed E-state index contributed by atoms with van der Waals surface area (Å²) in [6.07, 6.45) is 11.8. The summed E-state index contributed by atoms with van der Waals surface area (Å²) in [5, 5.41) is 12.7. The quantitative estimate of drug-likeness (QED) is 0.573. The van der Waals surface area contributed by atoms with E-state index in [4.69, 9.17) is 11.2 Å². The Labute approximate surface area is 169 Å². The minimum absolute atomic E-state index is 0.115. The van der Waals surface area contributed by atoms with Crippen LogP contribution in [0.3, 0.4) is 0 Å². The van der Waals surface area contributed by atoms with Crippen LogP contribution >= 0.6 is 15.9 Å². The maximum Gasteiger partial charge on any atom is 0.238 e. The molecule has 2 unspecified atom stereocenters. The number of carbonyl (C=O) groups excluding carboxylic acids is 1. The minimum Gasteiger partial charge on any atom is -0.473 e. The van der Waals surface area contributed by atoms with E-state index in [2.05, 4.69) is 33.2 Å². The topological polar surface area (TPSA) is 65.4 Å². The molecule has 1 heterocycles. The van der Waals surface area contributed by atoms with Crippen molar-refractivity contribution in [3.8, 4) is 24.2 Å². The predicted molar refractivity (Wildman–Crippen MR) is 107 cm³/mol. The van der Waals surface area contributed by atoms with E-state index >= 15 is 0 Å². The van der Waals surface area contributed by atoms with Crippen LogP contribution in [0.1, 0.15) is 44.9 Å². The summed E-state index contributed by atoms with van der Waals surface area (Å²) < 4.78 is 7.28. The van der Waals surface area contributed by atoms with E-state index in [0.717, 1.165) is 35.9 Å². The second-order valence-electron chi connectivity index (χ2n) is 7.17. The first kappa shape index (κ1) is 19.7. The minimum atomic E-state index is -0.567. The molecule has 0 radical (unpaired) electrons. The molecule has 142 valence electrons. The first-order chi connectivity index (χ1) is 13.1. The van der Waals surface area contributed by atoms with Gasteiger partial charge in [0.15, 0.2) is 5.72 Å². The molecule has 1 aliphatic heterocycles. The third-order valence-electron chi connectivity index (χ3n) is 5.35. The number of hydrogen-bond acceptors (Lipinski definition) is 4. The van der Waals surface area contributed by atoms with Crippen molar-refractivity contribution in [3.05, 3.63) is 28.7 Å². The van der Waals surface area contributed by atoms with Crippen molar-refractivity contribution in [2.24, 2.45) is 0 Å². The van der Waals surface area contributed by atoms with Gasteiger partial charge in [0.2, 0.25) is 5.91 Å². The summed E-state index contributed by atoms with van der Waals surface area (Å²) in [6, 6.07) is 9.20. The lowest BCUT2D eigenvalue weighted by molar-refractivity contribution is -0.133. The standard InChI is InChI=1S/C21H24BrN3O2/c1-2-17-9-10-18(14-23)25(17)20(26)15-24-21(11-4-3-5-12-21)27-19-8-6-7-16(22)13-19/h1,6-8,13,17-18,24H,3-5,9-12,15H2. The van der Waals surface area contributed by atoms with Crippen molar-refractivity contribution in [2.45, 2.75) is 62.8 Å². The molecule has 2 fully saturated rings. The van der Waals surface area contributed by atoms with Gasteiger partial charge in [0.1, 0.15) is 11.8 Å². The molecule has 1 amide bonds. The zero-order valence-electron chi connectivity index (χ0n) is 15.3. The molecule has 1 aliphatic carbocycles. The van der Waals surface area contributed by atoms with Gasteiger partial charge in [-0.1, -0.05) is 34.3 Å². The van der Waals surface area contributed by atoms with Crippen LogP contribution in [0.25, 0.3) is 0 Å². The number of hydrogen-bond donors (Lipinski definition) is 1. The summed E-state index contributed by atoms with van der Waals surface area (Å²) in [5.41, 5.74) is -0.567. The Kier molecular flexibility index (Phi) is 6.42. The molecule has 3 rings (SSSR count).